The van der Waals surface area contributed by atoms with Crippen molar-refractivity contribution in [2.45, 2.75) is 25.4 Å². The summed E-state index contributed by atoms with van der Waals surface area (Å²) < 4.78 is 34.9. The summed E-state index contributed by atoms with van der Waals surface area (Å²) in [4.78, 5) is 0. The summed E-state index contributed by atoms with van der Waals surface area (Å²) >= 11 is 0. The van der Waals surface area contributed by atoms with Crippen molar-refractivity contribution in [3.63, 3.8) is 0 Å². The third-order valence-corrected chi connectivity index (χ3v) is 5.52. The molecule has 148 valence electrons. The fraction of sp³-hybridized carbons (Fsp3) is 0.400. The van der Waals surface area contributed by atoms with Gasteiger partial charge in [-0.3, -0.25) is 0 Å². The van der Waals surface area contributed by atoms with Gasteiger partial charge in [0.25, 0.3) is 0 Å². The molecule has 0 amide bonds. The van der Waals surface area contributed by atoms with Crippen molar-refractivity contribution in [3.05, 3.63) is 71.8 Å². The van der Waals surface area contributed by atoms with Crippen molar-refractivity contribution in [1.29, 1.82) is 0 Å². The third-order valence-electron chi connectivity index (χ3n) is 3.74. The molecule has 0 saturated carbocycles. The van der Waals surface area contributed by atoms with Crippen molar-refractivity contribution in [1.82, 2.24) is 0 Å². The molecule has 0 aliphatic heterocycles. The minimum atomic E-state index is -3.63. The van der Waals surface area contributed by atoms with E-state index < -0.39 is 33.6 Å². The Morgan fingerprint density at radius 2 is 1.07 bits per heavy atom. The molecule has 0 saturated heterocycles. The average molecular weight is 394 g/mol. The van der Waals surface area contributed by atoms with E-state index in [1.165, 1.54) is 0 Å². The number of aliphatic hydroxyl groups is 2. The summed E-state index contributed by atoms with van der Waals surface area (Å²) in [7, 11) is -3.63. The summed E-state index contributed by atoms with van der Waals surface area (Å²) in [5.41, 5.74) is 1.89. The monoisotopic (exact) mass is 394 g/mol. The highest BCUT2D eigenvalue weighted by molar-refractivity contribution is 7.91. The highest BCUT2D eigenvalue weighted by atomic mass is 32.2. The molecule has 6 nitrogen and oxygen atoms in total. The van der Waals surface area contributed by atoms with Gasteiger partial charge in [0, 0.05) is 0 Å². The van der Waals surface area contributed by atoms with Crippen LogP contribution in [0.5, 0.6) is 0 Å². The van der Waals surface area contributed by atoms with Crippen LogP contribution in [0.25, 0.3) is 0 Å². The summed E-state index contributed by atoms with van der Waals surface area (Å²) in [5, 5.41) is 19.8. The van der Waals surface area contributed by atoms with Gasteiger partial charge in [0.2, 0.25) is 0 Å². The van der Waals surface area contributed by atoms with Crippen molar-refractivity contribution in [3.8, 4) is 0 Å². The van der Waals surface area contributed by atoms with Gasteiger partial charge >= 0.3 is 0 Å². The molecule has 27 heavy (non-hydrogen) atoms. The molecular formula is C20H26O6S. The Labute approximate surface area is 160 Å². The van der Waals surface area contributed by atoms with Crippen LogP contribution >= 0.6 is 0 Å². The number of hydrogen-bond donors (Lipinski definition) is 2. The summed E-state index contributed by atoms with van der Waals surface area (Å²) in [5.74, 6) is -0.922. The molecule has 0 heterocycles. The lowest BCUT2D eigenvalue weighted by molar-refractivity contribution is 0.0358. The Hall–Kier alpha value is -1.77. The molecule has 2 aromatic carbocycles. The second-order valence-electron chi connectivity index (χ2n) is 6.39. The van der Waals surface area contributed by atoms with Crippen LogP contribution in [0.4, 0.5) is 0 Å². The van der Waals surface area contributed by atoms with Crippen LogP contribution in [-0.4, -0.2) is 55.6 Å². The van der Waals surface area contributed by atoms with Crippen LogP contribution in [0, 0.1) is 0 Å². The predicted octanol–water partition coefficient (Wildman–Crippen LogP) is 1.56. The second kappa shape index (κ2) is 11.2. The molecule has 0 spiro atoms. The first kappa shape index (κ1) is 21.5. The zero-order valence-electron chi connectivity index (χ0n) is 15.1. The number of aliphatic hydroxyl groups excluding tert-OH is 2. The van der Waals surface area contributed by atoms with E-state index in [1.807, 2.05) is 60.7 Å². The maximum Gasteiger partial charge on any atom is 0.155 e. The minimum absolute atomic E-state index is 0.0886. The van der Waals surface area contributed by atoms with Crippen LogP contribution in [0.3, 0.4) is 0 Å². The molecule has 0 radical (unpaired) electrons. The molecule has 2 N–H and O–H groups in total. The maximum atomic E-state index is 12.1. The Balaban J connectivity index is 1.65. The summed E-state index contributed by atoms with van der Waals surface area (Å²) in [6.07, 6.45) is -2.28. The fourth-order valence-electron chi connectivity index (χ4n) is 2.52. The van der Waals surface area contributed by atoms with E-state index in [9.17, 15) is 18.6 Å². The second-order valence-corrected chi connectivity index (χ2v) is 8.54. The highest BCUT2D eigenvalue weighted by Crippen LogP contribution is 2.05. The van der Waals surface area contributed by atoms with Gasteiger partial charge in [0.15, 0.2) is 9.84 Å². The SMILES string of the molecule is O=S(=O)(CC(O)COCc1ccccc1)CC(O)COCc1ccccc1. The van der Waals surface area contributed by atoms with Gasteiger partial charge in [-0.2, -0.15) is 0 Å². The van der Waals surface area contributed by atoms with E-state index in [1.54, 1.807) is 0 Å². The molecule has 2 atom stereocenters. The third kappa shape index (κ3) is 9.12. The van der Waals surface area contributed by atoms with Gasteiger partial charge in [0.05, 0.1) is 50.1 Å². The molecule has 2 rings (SSSR count). The first-order chi connectivity index (χ1) is 12.9. The Kier molecular flexibility index (Phi) is 8.90. The predicted molar refractivity (Wildman–Crippen MR) is 103 cm³/mol. The molecule has 7 heteroatoms. The summed E-state index contributed by atoms with van der Waals surface area (Å²) in [6.45, 7) is 0.422. The van der Waals surface area contributed by atoms with Gasteiger partial charge in [-0.05, 0) is 11.1 Å². The van der Waals surface area contributed by atoms with E-state index >= 15 is 0 Å². The van der Waals surface area contributed by atoms with Gasteiger partial charge < -0.3 is 19.7 Å². The van der Waals surface area contributed by atoms with E-state index in [0.29, 0.717) is 13.2 Å². The van der Waals surface area contributed by atoms with Crippen LogP contribution < -0.4 is 0 Å². The fourth-order valence-corrected chi connectivity index (χ4v) is 4.03. The van der Waals surface area contributed by atoms with Gasteiger partial charge in [0.1, 0.15) is 0 Å². The molecule has 0 aliphatic carbocycles. The average Bonchev–Trinajstić information content (AvgIpc) is 2.62. The van der Waals surface area contributed by atoms with Crippen LogP contribution in [0.1, 0.15) is 11.1 Å². The van der Waals surface area contributed by atoms with E-state index in [-0.39, 0.29) is 13.2 Å². The van der Waals surface area contributed by atoms with Gasteiger partial charge in [-0.25, -0.2) is 8.42 Å². The molecule has 0 fully saturated rings. The smallest absolute Gasteiger partial charge is 0.155 e. The van der Waals surface area contributed by atoms with Crippen LogP contribution in [0.2, 0.25) is 0 Å². The molecule has 2 aromatic rings. The van der Waals surface area contributed by atoms with E-state index in [0.717, 1.165) is 11.1 Å². The normalized spacial score (nSPS) is 14.0. The van der Waals surface area contributed by atoms with E-state index in [4.69, 9.17) is 9.47 Å². The molecule has 0 bridgehead atoms. The number of ether oxygens (including phenoxy) is 2. The number of sulfone groups is 1. The lowest BCUT2D eigenvalue weighted by atomic mass is 10.2. The molecular weight excluding hydrogens is 368 g/mol. The Morgan fingerprint density at radius 1 is 0.704 bits per heavy atom. The van der Waals surface area contributed by atoms with Crippen molar-refractivity contribution in [2.24, 2.45) is 0 Å². The number of hydrogen-bond acceptors (Lipinski definition) is 6. The zero-order valence-corrected chi connectivity index (χ0v) is 15.9. The van der Waals surface area contributed by atoms with Crippen LogP contribution in [0.15, 0.2) is 60.7 Å². The van der Waals surface area contributed by atoms with Gasteiger partial charge in [-0.1, -0.05) is 60.7 Å². The topological polar surface area (TPSA) is 93.1 Å². The molecule has 0 aliphatic rings. The van der Waals surface area contributed by atoms with Crippen molar-refractivity contribution >= 4 is 9.84 Å². The first-order valence-electron chi connectivity index (χ1n) is 8.74. The van der Waals surface area contributed by atoms with Crippen molar-refractivity contribution in [2.75, 3.05) is 24.7 Å². The maximum absolute atomic E-state index is 12.1. The number of benzene rings is 2. The lowest BCUT2D eigenvalue weighted by Gasteiger charge is -2.15. The first-order valence-corrected chi connectivity index (χ1v) is 10.6. The minimum Gasteiger partial charge on any atom is -0.390 e. The number of rotatable bonds is 12. The van der Waals surface area contributed by atoms with Gasteiger partial charge in [-0.15, -0.1) is 0 Å². The standard InChI is InChI=1S/C20H26O6S/c21-19(13-25-11-17-7-3-1-4-8-17)15-27(23,24)16-20(22)14-26-12-18-9-5-2-6-10-18/h1-10,19-22H,11-16H2. The largest absolute Gasteiger partial charge is 0.390 e. The zero-order chi connectivity index (χ0) is 19.5. The summed E-state index contributed by atoms with van der Waals surface area (Å²) in [6, 6.07) is 18.8. The molecule has 2 unspecified atom stereocenters. The van der Waals surface area contributed by atoms with Crippen molar-refractivity contribution < 1.29 is 28.1 Å². The lowest BCUT2D eigenvalue weighted by Crippen LogP contribution is -2.32. The molecule has 0 aromatic heterocycles. The van der Waals surface area contributed by atoms with Crippen LogP contribution in [-0.2, 0) is 32.5 Å². The highest BCUT2D eigenvalue weighted by Gasteiger charge is 2.21. The Bertz CT molecular complexity index is 689. The Morgan fingerprint density at radius 3 is 1.44 bits per heavy atom. The van der Waals surface area contributed by atoms with E-state index in [2.05, 4.69) is 0 Å². The quantitative estimate of drug-likeness (QED) is 0.568.